The molecule has 0 bridgehead atoms. The van der Waals surface area contributed by atoms with E-state index in [4.69, 9.17) is 23.7 Å². The van der Waals surface area contributed by atoms with E-state index < -0.39 is 5.97 Å². The first-order chi connectivity index (χ1) is 15.1. The molecule has 2 atom stereocenters. The Labute approximate surface area is 193 Å². The second-order valence-corrected chi connectivity index (χ2v) is 8.44. The Kier molecular flexibility index (Phi) is 21.5. The van der Waals surface area contributed by atoms with Crippen LogP contribution in [-0.4, -0.2) is 45.3 Å². The summed E-state index contributed by atoms with van der Waals surface area (Å²) in [4.78, 5) is 0. The highest BCUT2D eigenvalue weighted by Gasteiger charge is 2.42. The van der Waals surface area contributed by atoms with Crippen molar-refractivity contribution in [2.24, 2.45) is 5.92 Å². The van der Waals surface area contributed by atoms with Gasteiger partial charge in [0.1, 0.15) is 0 Å². The van der Waals surface area contributed by atoms with Crippen LogP contribution in [0.1, 0.15) is 119 Å². The molecule has 0 heterocycles. The summed E-state index contributed by atoms with van der Waals surface area (Å²) in [5.74, 6) is -0.730. The smallest absolute Gasteiger partial charge is 0.285 e. The fraction of sp³-hybridized carbons (Fsp3) is 1.00. The van der Waals surface area contributed by atoms with Crippen LogP contribution < -0.4 is 0 Å². The van der Waals surface area contributed by atoms with Gasteiger partial charge < -0.3 is 23.7 Å². The van der Waals surface area contributed by atoms with Crippen molar-refractivity contribution in [1.29, 1.82) is 0 Å². The zero-order valence-electron chi connectivity index (χ0n) is 21.7. The molecule has 0 spiro atoms. The molecule has 188 valence electrons. The van der Waals surface area contributed by atoms with Crippen LogP contribution in [0.5, 0.6) is 0 Å². The van der Waals surface area contributed by atoms with E-state index in [1.54, 1.807) is 0 Å². The molecule has 0 aromatic carbocycles. The van der Waals surface area contributed by atoms with E-state index in [0.29, 0.717) is 33.0 Å². The average molecular weight is 447 g/mol. The zero-order valence-corrected chi connectivity index (χ0v) is 21.7. The first-order valence-electron chi connectivity index (χ1n) is 13.2. The Bertz CT molecular complexity index is 342. The quantitative estimate of drug-likeness (QED) is 0.114. The van der Waals surface area contributed by atoms with Crippen molar-refractivity contribution in [2.75, 3.05) is 33.0 Å². The van der Waals surface area contributed by atoms with E-state index in [-0.39, 0.29) is 12.2 Å². The summed E-state index contributed by atoms with van der Waals surface area (Å²) in [7, 11) is 0. The van der Waals surface area contributed by atoms with Crippen LogP contribution in [0.15, 0.2) is 0 Å². The lowest BCUT2D eigenvalue weighted by Gasteiger charge is -2.40. The molecule has 0 amide bonds. The highest BCUT2D eigenvalue weighted by molar-refractivity contribution is 4.73. The summed E-state index contributed by atoms with van der Waals surface area (Å²) >= 11 is 0. The molecule has 0 aliphatic heterocycles. The standard InChI is InChI=1S/C26H54O5/c1-7-12-13-14-15-16-18-25(19-17-23-28-24(6)27-11-5)26(29-20-8-2,30-21-9-3)31-22-10-4/h24-25H,7-23H2,1-6H3. The van der Waals surface area contributed by atoms with Crippen molar-refractivity contribution in [2.45, 2.75) is 131 Å². The number of ether oxygens (including phenoxy) is 5. The molecule has 0 aliphatic rings. The highest BCUT2D eigenvalue weighted by Crippen LogP contribution is 2.34. The van der Waals surface area contributed by atoms with Crippen LogP contribution in [-0.2, 0) is 23.7 Å². The minimum Gasteiger partial charge on any atom is -0.353 e. The molecule has 0 aromatic heterocycles. The molecule has 5 heteroatoms. The lowest BCUT2D eigenvalue weighted by Crippen LogP contribution is -2.47. The van der Waals surface area contributed by atoms with Crippen molar-refractivity contribution < 1.29 is 23.7 Å². The van der Waals surface area contributed by atoms with Gasteiger partial charge in [0.05, 0.1) is 19.8 Å². The third-order valence-corrected chi connectivity index (χ3v) is 5.38. The summed E-state index contributed by atoms with van der Waals surface area (Å²) in [5, 5.41) is 0. The van der Waals surface area contributed by atoms with Gasteiger partial charge >= 0.3 is 0 Å². The minimum atomic E-state index is -0.934. The van der Waals surface area contributed by atoms with Crippen molar-refractivity contribution in [3.63, 3.8) is 0 Å². The van der Waals surface area contributed by atoms with Gasteiger partial charge in [0.15, 0.2) is 6.29 Å². The maximum absolute atomic E-state index is 6.35. The first-order valence-corrected chi connectivity index (χ1v) is 13.2. The van der Waals surface area contributed by atoms with Crippen LogP contribution in [0.4, 0.5) is 0 Å². The molecule has 0 aromatic rings. The molecule has 0 aliphatic carbocycles. The van der Waals surface area contributed by atoms with Crippen LogP contribution in [0.25, 0.3) is 0 Å². The van der Waals surface area contributed by atoms with Crippen LogP contribution in [0.2, 0.25) is 0 Å². The second kappa shape index (κ2) is 21.6. The molecule has 0 rings (SSSR count). The van der Waals surface area contributed by atoms with Gasteiger partial charge in [-0.3, -0.25) is 0 Å². The van der Waals surface area contributed by atoms with Gasteiger partial charge in [-0.1, -0.05) is 66.2 Å². The summed E-state index contributed by atoms with van der Waals surface area (Å²) in [5.41, 5.74) is 0. The largest absolute Gasteiger partial charge is 0.353 e. The molecule has 5 nitrogen and oxygen atoms in total. The molecule has 0 radical (unpaired) electrons. The van der Waals surface area contributed by atoms with E-state index >= 15 is 0 Å². The highest BCUT2D eigenvalue weighted by atomic mass is 16.9. The Morgan fingerprint density at radius 2 is 1.06 bits per heavy atom. The lowest BCUT2D eigenvalue weighted by atomic mass is 9.93. The third-order valence-electron chi connectivity index (χ3n) is 5.38. The van der Waals surface area contributed by atoms with Gasteiger partial charge in [0.25, 0.3) is 5.97 Å². The normalized spacial score (nSPS) is 14.1. The summed E-state index contributed by atoms with van der Waals surface area (Å²) in [6.45, 7) is 15.9. The van der Waals surface area contributed by atoms with Crippen molar-refractivity contribution in [3.05, 3.63) is 0 Å². The summed E-state index contributed by atoms with van der Waals surface area (Å²) in [6.07, 6.45) is 13.4. The van der Waals surface area contributed by atoms with Crippen molar-refractivity contribution in [1.82, 2.24) is 0 Å². The average Bonchev–Trinajstić information content (AvgIpc) is 2.77. The van der Waals surface area contributed by atoms with Gasteiger partial charge in [0.2, 0.25) is 0 Å². The van der Waals surface area contributed by atoms with Gasteiger partial charge in [-0.05, 0) is 52.4 Å². The second-order valence-electron chi connectivity index (χ2n) is 8.44. The van der Waals surface area contributed by atoms with E-state index in [9.17, 15) is 0 Å². The monoisotopic (exact) mass is 446 g/mol. The maximum Gasteiger partial charge on any atom is 0.285 e. The Morgan fingerprint density at radius 3 is 1.58 bits per heavy atom. The predicted octanol–water partition coefficient (Wildman–Crippen LogP) is 7.47. The molecular weight excluding hydrogens is 392 g/mol. The van der Waals surface area contributed by atoms with Gasteiger partial charge in [0, 0.05) is 19.1 Å². The minimum absolute atomic E-state index is 0.157. The summed E-state index contributed by atoms with van der Waals surface area (Å²) < 4.78 is 30.3. The predicted molar refractivity (Wildman–Crippen MR) is 129 cm³/mol. The fourth-order valence-corrected chi connectivity index (χ4v) is 3.74. The number of rotatable bonds is 24. The molecule has 0 saturated carbocycles. The van der Waals surface area contributed by atoms with E-state index in [0.717, 1.165) is 38.5 Å². The van der Waals surface area contributed by atoms with Crippen LogP contribution >= 0.6 is 0 Å². The molecule has 0 saturated heterocycles. The fourth-order valence-electron chi connectivity index (χ4n) is 3.74. The molecule has 0 N–H and O–H groups in total. The van der Waals surface area contributed by atoms with Crippen LogP contribution in [0.3, 0.4) is 0 Å². The van der Waals surface area contributed by atoms with Gasteiger partial charge in [-0.15, -0.1) is 0 Å². The van der Waals surface area contributed by atoms with E-state index in [2.05, 4.69) is 27.7 Å². The SMILES string of the molecule is CCCCCCCCC(CCCOC(C)OCC)C(OCCC)(OCCC)OCCC. The Balaban J connectivity index is 5.12. The molecule has 2 unspecified atom stereocenters. The first kappa shape index (κ1) is 30.8. The van der Waals surface area contributed by atoms with Crippen molar-refractivity contribution in [3.8, 4) is 0 Å². The molecule has 0 fully saturated rings. The molecular formula is C26H54O5. The van der Waals surface area contributed by atoms with Crippen molar-refractivity contribution >= 4 is 0 Å². The topological polar surface area (TPSA) is 46.2 Å². The Morgan fingerprint density at radius 1 is 0.548 bits per heavy atom. The zero-order chi connectivity index (χ0) is 23.2. The van der Waals surface area contributed by atoms with Gasteiger partial charge in [-0.2, -0.15) is 0 Å². The van der Waals surface area contributed by atoms with Crippen LogP contribution in [0, 0.1) is 5.92 Å². The number of unbranched alkanes of at least 4 members (excludes halogenated alkanes) is 5. The van der Waals surface area contributed by atoms with E-state index in [1.165, 1.54) is 38.5 Å². The number of hydrogen-bond acceptors (Lipinski definition) is 5. The van der Waals surface area contributed by atoms with E-state index in [1.807, 2.05) is 13.8 Å². The lowest BCUT2D eigenvalue weighted by molar-refractivity contribution is -0.407. The summed E-state index contributed by atoms with van der Waals surface area (Å²) in [6, 6.07) is 0. The maximum atomic E-state index is 6.35. The Hall–Kier alpha value is -0.200. The third kappa shape index (κ3) is 15.3. The number of hydrogen-bond donors (Lipinski definition) is 0. The van der Waals surface area contributed by atoms with Gasteiger partial charge in [-0.25, -0.2) is 0 Å². The molecule has 31 heavy (non-hydrogen) atoms.